The smallest absolute Gasteiger partial charge is 0.240 e. The molecule has 1 rings (SSSR count). The van der Waals surface area contributed by atoms with E-state index in [0.717, 1.165) is 0 Å². The van der Waals surface area contributed by atoms with E-state index in [1.165, 1.54) is 31.2 Å². The highest BCUT2D eigenvalue weighted by Gasteiger charge is 2.12. The van der Waals surface area contributed by atoms with E-state index in [-0.39, 0.29) is 23.9 Å². The second-order valence-electron chi connectivity index (χ2n) is 3.33. The van der Waals surface area contributed by atoms with Crippen LogP contribution in [0.3, 0.4) is 0 Å². The molecule has 2 N–H and O–H groups in total. The van der Waals surface area contributed by atoms with Gasteiger partial charge in [0.1, 0.15) is 0 Å². The van der Waals surface area contributed by atoms with Gasteiger partial charge in [-0.2, -0.15) is 0 Å². The van der Waals surface area contributed by atoms with Crippen LogP contribution < -0.4 is 10.0 Å². The number of hydrogen-bond donors (Lipinski definition) is 2. The molecule has 0 unspecified atom stereocenters. The number of rotatable bonds is 5. The van der Waals surface area contributed by atoms with Crippen molar-refractivity contribution in [1.29, 1.82) is 0 Å². The van der Waals surface area contributed by atoms with Crippen LogP contribution >= 0.6 is 11.6 Å². The molecule has 0 heterocycles. The fourth-order valence-electron chi connectivity index (χ4n) is 1.12. The normalized spacial score (nSPS) is 11.2. The van der Waals surface area contributed by atoms with Crippen LogP contribution in [0.5, 0.6) is 0 Å². The Kier molecular flexibility index (Phi) is 4.92. The largest absolute Gasteiger partial charge is 0.355 e. The molecule has 1 aromatic rings. The Morgan fingerprint density at radius 2 is 1.82 bits per heavy atom. The van der Waals surface area contributed by atoms with E-state index in [4.69, 9.17) is 11.6 Å². The Morgan fingerprint density at radius 3 is 2.35 bits per heavy atom. The van der Waals surface area contributed by atoms with Crippen molar-refractivity contribution in [1.82, 2.24) is 10.0 Å². The van der Waals surface area contributed by atoms with Gasteiger partial charge in [0.05, 0.1) is 4.90 Å². The van der Waals surface area contributed by atoms with Gasteiger partial charge in [0.15, 0.2) is 0 Å². The van der Waals surface area contributed by atoms with Gasteiger partial charge in [0.2, 0.25) is 15.9 Å². The van der Waals surface area contributed by atoms with Crippen LogP contribution in [0, 0.1) is 0 Å². The summed E-state index contributed by atoms with van der Waals surface area (Å²) in [5, 5.41) is 2.97. The summed E-state index contributed by atoms with van der Waals surface area (Å²) in [6, 6.07) is 5.85. The Bertz CT molecular complexity index is 485. The van der Waals surface area contributed by atoms with Crippen LogP contribution in [-0.4, -0.2) is 27.4 Å². The van der Waals surface area contributed by atoms with E-state index in [1.807, 2.05) is 0 Å². The first kappa shape index (κ1) is 14.0. The van der Waals surface area contributed by atoms with Crippen LogP contribution in [0.15, 0.2) is 29.2 Å². The maximum atomic E-state index is 11.7. The van der Waals surface area contributed by atoms with Crippen LogP contribution in [0.2, 0.25) is 5.02 Å². The van der Waals surface area contributed by atoms with Crippen molar-refractivity contribution in [3.63, 3.8) is 0 Å². The SMILES string of the molecule is CC(=O)NCCNS(=O)(=O)c1ccc(Cl)cc1. The second kappa shape index (κ2) is 6.00. The lowest BCUT2D eigenvalue weighted by Crippen LogP contribution is -2.33. The third kappa shape index (κ3) is 4.72. The van der Waals surface area contributed by atoms with Gasteiger partial charge in [-0.25, -0.2) is 13.1 Å². The fourth-order valence-corrected chi connectivity index (χ4v) is 2.28. The molecule has 0 spiro atoms. The zero-order valence-electron chi connectivity index (χ0n) is 9.23. The van der Waals surface area contributed by atoms with Crippen molar-refractivity contribution >= 4 is 27.5 Å². The van der Waals surface area contributed by atoms with Crippen molar-refractivity contribution < 1.29 is 13.2 Å². The Labute approximate surface area is 105 Å². The molecule has 0 saturated heterocycles. The third-order valence-electron chi connectivity index (χ3n) is 1.91. The maximum absolute atomic E-state index is 11.7. The number of halogens is 1. The Hall–Kier alpha value is -1.11. The molecule has 0 aliphatic carbocycles. The first-order valence-electron chi connectivity index (χ1n) is 4.91. The van der Waals surface area contributed by atoms with E-state index in [2.05, 4.69) is 10.0 Å². The van der Waals surface area contributed by atoms with Crippen molar-refractivity contribution in [2.24, 2.45) is 0 Å². The summed E-state index contributed by atoms with van der Waals surface area (Å²) < 4.78 is 25.8. The molecular formula is C10H13ClN2O3S. The lowest BCUT2D eigenvalue weighted by molar-refractivity contribution is -0.118. The van der Waals surface area contributed by atoms with Crippen molar-refractivity contribution in [2.45, 2.75) is 11.8 Å². The van der Waals surface area contributed by atoms with E-state index < -0.39 is 10.0 Å². The van der Waals surface area contributed by atoms with Crippen molar-refractivity contribution in [3.05, 3.63) is 29.3 Å². The zero-order chi connectivity index (χ0) is 12.9. The van der Waals surface area contributed by atoms with E-state index >= 15 is 0 Å². The average molecular weight is 277 g/mol. The lowest BCUT2D eigenvalue weighted by Gasteiger charge is -2.07. The van der Waals surface area contributed by atoms with Crippen LogP contribution in [-0.2, 0) is 14.8 Å². The number of hydrogen-bond acceptors (Lipinski definition) is 3. The average Bonchev–Trinajstić information content (AvgIpc) is 2.25. The summed E-state index contributed by atoms with van der Waals surface area (Å²) in [4.78, 5) is 10.7. The van der Waals surface area contributed by atoms with E-state index in [1.54, 1.807) is 0 Å². The molecule has 0 atom stereocenters. The predicted molar refractivity (Wildman–Crippen MR) is 65.3 cm³/mol. The molecule has 0 bridgehead atoms. The summed E-state index contributed by atoms with van der Waals surface area (Å²) >= 11 is 5.66. The molecule has 0 aliphatic rings. The standard InChI is InChI=1S/C10H13ClN2O3S/c1-8(14)12-6-7-13-17(15,16)10-4-2-9(11)3-5-10/h2-5,13H,6-7H2,1H3,(H,12,14). The summed E-state index contributed by atoms with van der Waals surface area (Å²) in [6.45, 7) is 1.76. The molecule has 0 aromatic heterocycles. The third-order valence-corrected chi connectivity index (χ3v) is 3.64. The zero-order valence-corrected chi connectivity index (χ0v) is 10.8. The van der Waals surface area contributed by atoms with Gasteiger partial charge in [0, 0.05) is 25.0 Å². The Morgan fingerprint density at radius 1 is 1.24 bits per heavy atom. The van der Waals surface area contributed by atoms with Gasteiger partial charge in [-0.15, -0.1) is 0 Å². The lowest BCUT2D eigenvalue weighted by atomic mass is 10.4. The predicted octanol–water partition coefficient (Wildman–Crippen LogP) is 0.754. The number of amides is 1. The minimum atomic E-state index is -3.53. The first-order chi connectivity index (χ1) is 7.92. The van der Waals surface area contributed by atoms with Crippen LogP contribution in [0.1, 0.15) is 6.92 Å². The van der Waals surface area contributed by atoms with Gasteiger partial charge in [-0.05, 0) is 24.3 Å². The number of carbonyl (C=O) groups excluding carboxylic acids is 1. The number of carbonyl (C=O) groups is 1. The molecule has 94 valence electrons. The minimum absolute atomic E-state index is 0.143. The van der Waals surface area contributed by atoms with Crippen LogP contribution in [0.25, 0.3) is 0 Å². The molecule has 5 nitrogen and oxygen atoms in total. The molecule has 17 heavy (non-hydrogen) atoms. The quantitative estimate of drug-likeness (QED) is 0.780. The monoisotopic (exact) mass is 276 g/mol. The van der Waals surface area contributed by atoms with Gasteiger partial charge in [-0.1, -0.05) is 11.6 Å². The van der Waals surface area contributed by atoms with Gasteiger partial charge in [0.25, 0.3) is 0 Å². The molecular weight excluding hydrogens is 264 g/mol. The fraction of sp³-hybridized carbons (Fsp3) is 0.300. The van der Waals surface area contributed by atoms with Crippen LogP contribution in [0.4, 0.5) is 0 Å². The molecule has 1 aromatic carbocycles. The molecule has 1 amide bonds. The van der Waals surface area contributed by atoms with Crippen molar-refractivity contribution in [3.8, 4) is 0 Å². The summed E-state index contributed by atoms with van der Waals surface area (Å²) in [6.07, 6.45) is 0. The number of benzene rings is 1. The molecule has 0 saturated carbocycles. The number of sulfonamides is 1. The summed E-state index contributed by atoms with van der Waals surface area (Å²) in [5.74, 6) is -0.198. The van der Waals surface area contributed by atoms with Gasteiger partial charge in [-0.3, -0.25) is 4.79 Å². The highest BCUT2D eigenvalue weighted by atomic mass is 35.5. The van der Waals surface area contributed by atoms with Gasteiger partial charge < -0.3 is 5.32 Å². The first-order valence-corrected chi connectivity index (χ1v) is 6.77. The van der Waals surface area contributed by atoms with Crippen molar-refractivity contribution in [2.75, 3.05) is 13.1 Å². The molecule has 7 heteroatoms. The van der Waals surface area contributed by atoms with E-state index in [0.29, 0.717) is 5.02 Å². The Balaban J connectivity index is 2.57. The summed E-state index contributed by atoms with van der Waals surface area (Å²) in [5.41, 5.74) is 0. The topological polar surface area (TPSA) is 75.3 Å². The molecule has 0 radical (unpaired) electrons. The van der Waals surface area contributed by atoms with Gasteiger partial charge >= 0.3 is 0 Å². The minimum Gasteiger partial charge on any atom is -0.355 e. The molecule has 0 aliphatic heterocycles. The highest BCUT2D eigenvalue weighted by molar-refractivity contribution is 7.89. The number of nitrogens with one attached hydrogen (secondary N) is 2. The second-order valence-corrected chi connectivity index (χ2v) is 5.54. The maximum Gasteiger partial charge on any atom is 0.240 e. The highest BCUT2D eigenvalue weighted by Crippen LogP contribution is 2.13. The van der Waals surface area contributed by atoms with E-state index in [9.17, 15) is 13.2 Å². The summed E-state index contributed by atoms with van der Waals surface area (Å²) in [7, 11) is -3.53. The molecule has 0 fully saturated rings.